The van der Waals surface area contributed by atoms with Crippen LogP contribution in [0.5, 0.6) is 0 Å². The van der Waals surface area contributed by atoms with Crippen LogP contribution < -0.4 is 10.6 Å². The largest absolute Gasteiger partial charge is 0.465 e. The summed E-state index contributed by atoms with van der Waals surface area (Å²) in [6, 6.07) is 6.18. The van der Waals surface area contributed by atoms with Gasteiger partial charge in [0.2, 0.25) is 0 Å². The standard InChI is InChI=1S/C19H24ClN3O2S2/c1-3-8-23-9-6-12(7-10-23)21-19(26)22-13-4-5-14-15(11-13)27-17(16(14)20)18(24)25-2/h4-5,11-12H,3,6-10H2,1-2H3,(H2,21,22,26). The fourth-order valence-corrected chi connectivity index (χ4v) is 5.09. The fraction of sp³-hybridized carbons (Fsp3) is 0.474. The minimum atomic E-state index is -0.415. The van der Waals surface area contributed by atoms with Crippen LogP contribution in [0.2, 0.25) is 5.02 Å². The van der Waals surface area contributed by atoms with Crippen molar-refractivity contribution in [2.45, 2.75) is 32.2 Å². The van der Waals surface area contributed by atoms with Gasteiger partial charge in [-0.25, -0.2) is 4.79 Å². The van der Waals surface area contributed by atoms with Gasteiger partial charge >= 0.3 is 5.97 Å². The van der Waals surface area contributed by atoms with E-state index < -0.39 is 5.97 Å². The maximum Gasteiger partial charge on any atom is 0.349 e. The summed E-state index contributed by atoms with van der Waals surface area (Å²) in [6.07, 6.45) is 3.40. The Morgan fingerprint density at radius 2 is 2.15 bits per heavy atom. The molecule has 27 heavy (non-hydrogen) atoms. The third-order valence-corrected chi connectivity index (χ3v) is 6.58. The van der Waals surface area contributed by atoms with E-state index in [9.17, 15) is 4.79 Å². The average molecular weight is 426 g/mol. The molecule has 0 unspecified atom stereocenters. The normalized spacial score (nSPS) is 15.7. The molecule has 1 aliphatic heterocycles. The molecule has 0 radical (unpaired) electrons. The summed E-state index contributed by atoms with van der Waals surface area (Å²) in [4.78, 5) is 14.7. The van der Waals surface area contributed by atoms with Crippen LogP contribution in [0.15, 0.2) is 18.2 Å². The van der Waals surface area contributed by atoms with Crippen LogP contribution >= 0.6 is 35.2 Å². The second kappa shape index (κ2) is 9.19. The molecule has 146 valence electrons. The number of piperidine rings is 1. The van der Waals surface area contributed by atoms with Gasteiger partial charge in [0.15, 0.2) is 5.11 Å². The van der Waals surface area contributed by atoms with E-state index in [1.807, 2.05) is 18.2 Å². The van der Waals surface area contributed by atoms with E-state index in [-0.39, 0.29) is 0 Å². The number of nitrogens with zero attached hydrogens (tertiary/aromatic N) is 1. The molecule has 0 aliphatic carbocycles. The van der Waals surface area contributed by atoms with Gasteiger partial charge in [0, 0.05) is 34.9 Å². The molecule has 0 amide bonds. The van der Waals surface area contributed by atoms with Crippen LogP contribution in [-0.2, 0) is 4.74 Å². The summed E-state index contributed by atoms with van der Waals surface area (Å²) in [6.45, 7) is 5.62. The molecule has 3 rings (SSSR count). The number of carbonyl (C=O) groups excluding carboxylic acids is 1. The zero-order valence-corrected chi connectivity index (χ0v) is 17.9. The number of hydrogen-bond donors (Lipinski definition) is 2. The molecule has 5 nitrogen and oxygen atoms in total. The second-order valence-electron chi connectivity index (χ2n) is 6.66. The smallest absolute Gasteiger partial charge is 0.349 e. The van der Waals surface area contributed by atoms with Gasteiger partial charge in [-0.3, -0.25) is 0 Å². The Labute approximate surface area is 174 Å². The van der Waals surface area contributed by atoms with Crippen molar-refractivity contribution in [1.82, 2.24) is 10.2 Å². The zero-order valence-electron chi connectivity index (χ0n) is 15.5. The quantitative estimate of drug-likeness (QED) is 0.543. The highest BCUT2D eigenvalue weighted by Gasteiger charge is 2.20. The number of thiophene rings is 1. The Hall–Kier alpha value is -1.41. The first-order chi connectivity index (χ1) is 13.0. The van der Waals surface area contributed by atoms with Gasteiger partial charge < -0.3 is 20.3 Å². The molecule has 2 heterocycles. The number of esters is 1. The number of rotatable bonds is 5. The molecule has 2 N–H and O–H groups in total. The van der Waals surface area contributed by atoms with Crippen molar-refractivity contribution < 1.29 is 9.53 Å². The lowest BCUT2D eigenvalue weighted by Crippen LogP contribution is -2.45. The van der Waals surface area contributed by atoms with E-state index >= 15 is 0 Å². The Kier molecular flexibility index (Phi) is 6.92. The molecule has 2 aromatic rings. The Balaban J connectivity index is 1.61. The fourth-order valence-electron chi connectivity index (χ4n) is 3.34. The summed E-state index contributed by atoms with van der Waals surface area (Å²) >= 11 is 13.1. The van der Waals surface area contributed by atoms with Gasteiger partial charge in [0.05, 0.1) is 12.1 Å². The summed E-state index contributed by atoms with van der Waals surface area (Å²) in [7, 11) is 1.35. The number of thiocarbonyl (C=S) groups is 1. The molecule has 1 aromatic heterocycles. The van der Waals surface area contributed by atoms with Gasteiger partial charge in [0.1, 0.15) is 4.88 Å². The molecule has 1 saturated heterocycles. The van der Waals surface area contributed by atoms with Crippen molar-refractivity contribution in [3.63, 3.8) is 0 Å². The van der Waals surface area contributed by atoms with Crippen LogP contribution in [-0.4, -0.2) is 48.8 Å². The van der Waals surface area contributed by atoms with Crippen LogP contribution in [0.25, 0.3) is 10.1 Å². The molecule has 1 fully saturated rings. The average Bonchev–Trinajstić information content (AvgIpc) is 2.99. The van der Waals surface area contributed by atoms with Crippen molar-refractivity contribution in [2.24, 2.45) is 0 Å². The highest BCUT2D eigenvalue weighted by atomic mass is 35.5. The van der Waals surface area contributed by atoms with Crippen molar-refractivity contribution in [3.05, 3.63) is 28.1 Å². The second-order valence-corrected chi connectivity index (χ2v) is 8.50. The SMILES string of the molecule is CCCN1CCC(NC(=S)Nc2ccc3c(Cl)c(C(=O)OC)sc3c2)CC1. The minimum Gasteiger partial charge on any atom is -0.465 e. The van der Waals surface area contributed by atoms with Crippen molar-refractivity contribution in [3.8, 4) is 0 Å². The van der Waals surface area contributed by atoms with Gasteiger partial charge in [0.25, 0.3) is 0 Å². The highest BCUT2D eigenvalue weighted by molar-refractivity contribution is 7.80. The molecule has 8 heteroatoms. The van der Waals surface area contributed by atoms with Crippen molar-refractivity contribution >= 4 is 62.0 Å². The van der Waals surface area contributed by atoms with E-state index in [1.165, 1.54) is 31.4 Å². The summed E-state index contributed by atoms with van der Waals surface area (Å²) in [5, 5.41) is 8.57. The van der Waals surface area contributed by atoms with E-state index in [2.05, 4.69) is 22.5 Å². The first-order valence-corrected chi connectivity index (χ1v) is 10.7. The lowest BCUT2D eigenvalue weighted by atomic mass is 10.1. The molecule has 1 aliphatic rings. The lowest BCUT2D eigenvalue weighted by molar-refractivity contribution is 0.0606. The van der Waals surface area contributed by atoms with Crippen LogP contribution in [0.4, 0.5) is 5.69 Å². The monoisotopic (exact) mass is 425 g/mol. The van der Waals surface area contributed by atoms with Crippen LogP contribution in [0, 0.1) is 0 Å². The third-order valence-electron chi connectivity index (χ3n) is 4.72. The van der Waals surface area contributed by atoms with Gasteiger partial charge in [-0.1, -0.05) is 18.5 Å². The number of carbonyl (C=O) groups is 1. The first-order valence-electron chi connectivity index (χ1n) is 9.12. The highest BCUT2D eigenvalue weighted by Crippen LogP contribution is 2.37. The number of benzene rings is 1. The number of anilines is 1. The first kappa shape index (κ1) is 20.3. The van der Waals surface area contributed by atoms with Crippen molar-refractivity contribution in [2.75, 3.05) is 32.1 Å². The van der Waals surface area contributed by atoms with Gasteiger partial charge in [-0.15, -0.1) is 11.3 Å². The number of likely N-dealkylation sites (tertiary alicyclic amines) is 1. The Morgan fingerprint density at radius 3 is 2.81 bits per heavy atom. The maximum atomic E-state index is 11.8. The van der Waals surface area contributed by atoms with Crippen molar-refractivity contribution in [1.29, 1.82) is 0 Å². The number of ether oxygens (including phenoxy) is 1. The van der Waals surface area contributed by atoms with E-state index in [0.717, 1.165) is 41.7 Å². The number of methoxy groups -OCH3 is 1. The molecule has 0 atom stereocenters. The summed E-state index contributed by atoms with van der Waals surface area (Å²) in [5.74, 6) is -0.415. The van der Waals surface area contributed by atoms with E-state index in [0.29, 0.717) is 21.1 Å². The molecule has 0 bridgehead atoms. The number of fused-ring (bicyclic) bond motifs is 1. The predicted octanol–water partition coefficient (Wildman–Crippen LogP) is 4.50. The summed E-state index contributed by atoms with van der Waals surface area (Å²) in [5.41, 5.74) is 0.873. The third kappa shape index (κ3) is 4.90. The lowest BCUT2D eigenvalue weighted by Gasteiger charge is -2.32. The predicted molar refractivity (Wildman–Crippen MR) is 117 cm³/mol. The van der Waals surface area contributed by atoms with E-state index in [4.69, 9.17) is 28.6 Å². The number of halogens is 1. The maximum absolute atomic E-state index is 11.8. The minimum absolute atomic E-state index is 0.406. The van der Waals surface area contributed by atoms with Gasteiger partial charge in [-0.05, 0) is 56.2 Å². The Morgan fingerprint density at radius 1 is 1.41 bits per heavy atom. The molecular weight excluding hydrogens is 402 g/mol. The molecule has 1 aromatic carbocycles. The summed E-state index contributed by atoms with van der Waals surface area (Å²) < 4.78 is 5.70. The van der Waals surface area contributed by atoms with Crippen LogP contribution in [0.1, 0.15) is 35.9 Å². The Bertz CT molecular complexity index is 832. The van der Waals surface area contributed by atoms with Gasteiger partial charge in [-0.2, -0.15) is 0 Å². The topological polar surface area (TPSA) is 53.6 Å². The van der Waals surface area contributed by atoms with E-state index in [1.54, 1.807) is 0 Å². The van der Waals surface area contributed by atoms with Crippen LogP contribution in [0.3, 0.4) is 0 Å². The zero-order chi connectivity index (χ0) is 19.4. The number of nitrogens with one attached hydrogen (secondary N) is 2. The molecule has 0 spiro atoms. The molecular formula is C19H24ClN3O2S2. The molecule has 0 saturated carbocycles. The number of hydrogen-bond acceptors (Lipinski definition) is 5.